The molecule has 2 fully saturated rings. The summed E-state index contributed by atoms with van der Waals surface area (Å²) in [5.74, 6) is 0.273. The molecule has 1 saturated heterocycles. The molecule has 5 rings (SSSR count). The first kappa shape index (κ1) is 49.0. The Hall–Kier alpha value is -2.06. The van der Waals surface area contributed by atoms with Crippen molar-refractivity contribution in [2.75, 3.05) is 12.4 Å². The first-order valence-corrected chi connectivity index (χ1v) is 25.1. The van der Waals surface area contributed by atoms with Crippen LogP contribution >= 0.6 is 27.7 Å². The summed E-state index contributed by atoms with van der Waals surface area (Å²) < 4.78 is 43.5. The van der Waals surface area contributed by atoms with Gasteiger partial charge < -0.3 is 28.4 Å². The minimum Gasteiger partial charge on any atom is -0.462 e. The third-order valence-corrected chi connectivity index (χ3v) is 13.3. The third-order valence-electron chi connectivity index (χ3n) is 11.9. The van der Waals surface area contributed by atoms with Crippen molar-refractivity contribution in [2.24, 2.45) is 0 Å². The Kier molecular flexibility index (Phi) is 20.6. The van der Waals surface area contributed by atoms with Gasteiger partial charge in [0.25, 0.3) is 0 Å². The molecule has 12 heteroatoms. The summed E-state index contributed by atoms with van der Waals surface area (Å²) in [5.41, 5.74) is 2.35. The number of carbonyl (C=O) groups is 1. The van der Waals surface area contributed by atoms with Crippen molar-refractivity contribution in [2.45, 2.75) is 218 Å². The van der Waals surface area contributed by atoms with Gasteiger partial charge in [-0.3, -0.25) is 9.36 Å². The van der Waals surface area contributed by atoms with Crippen molar-refractivity contribution < 1.29 is 33.2 Å². The van der Waals surface area contributed by atoms with Crippen LogP contribution in [-0.4, -0.2) is 88.2 Å². The summed E-state index contributed by atoms with van der Waals surface area (Å²) in [6.45, 7) is 17.3. The summed E-state index contributed by atoms with van der Waals surface area (Å²) in [4.78, 5) is 13.7. The van der Waals surface area contributed by atoms with Crippen molar-refractivity contribution in [3.63, 3.8) is 0 Å². The molecule has 2 aliphatic rings. The SMILES string of the molecule is CCCCC(CC)OC1OC(COC(=O)CSc2nnc(Br)n2-c2ccc(C3CC3)c3ccccc23)C(OC(C)CCC)C(OC(C)CC)C1OC(CCCC)CCCC. The molecular formula is C48H74BrN3O7S. The molecule has 0 bridgehead atoms. The summed E-state index contributed by atoms with van der Waals surface area (Å²) in [6.07, 6.45) is 12.3. The zero-order chi connectivity index (χ0) is 43.0. The molecule has 0 spiro atoms. The van der Waals surface area contributed by atoms with Crippen LogP contribution in [0.5, 0.6) is 0 Å². The molecule has 0 amide bonds. The molecule has 0 N–H and O–H groups in total. The van der Waals surface area contributed by atoms with Crippen molar-refractivity contribution >= 4 is 44.4 Å². The van der Waals surface area contributed by atoms with Crippen LogP contribution in [0.15, 0.2) is 46.3 Å². The molecule has 336 valence electrons. The van der Waals surface area contributed by atoms with Gasteiger partial charge in [0.2, 0.25) is 4.73 Å². The Morgan fingerprint density at radius 3 is 2.07 bits per heavy atom. The van der Waals surface area contributed by atoms with E-state index in [1.165, 1.54) is 35.6 Å². The molecule has 3 aromatic rings. The van der Waals surface area contributed by atoms with Crippen molar-refractivity contribution in [3.05, 3.63) is 46.7 Å². The summed E-state index contributed by atoms with van der Waals surface area (Å²) in [5, 5.41) is 11.8. The zero-order valence-corrected chi connectivity index (χ0v) is 40.1. The number of thioether (sulfide) groups is 1. The molecule has 1 aliphatic heterocycles. The van der Waals surface area contributed by atoms with Crippen LogP contribution in [0.2, 0.25) is 0 Å². The number of carbonyl (C=O) groups excluding carboxylic acids is 1. The number of unbranched alkanes of at least 4 members (excludes halogenated alkanes) is 3. The van der Waals surface area contributed by atoms with Gasteiger partial charge in [-0.25, -0.2) is 0 Å². The molecule has 0 radical (unpaired) electrons. The lowest BCUT2D eigenvalue weighted by Crippen LogP contribution is -2.64. The summed E-state index contributed by atoms with van der Waals surface area (Å²) in [7, 11) is 0. The minimum atomic E-state index is -0.719. The number of nitrogens with zero attached hydrogens (tertiary/aromatic N) is 3. The van der Waals surface area contributed by atoms with Crippen LogP contribution in [0.3, 0.4) is 0 Å². The molecule has 8 atom stereocenters. The Morgan fingerprint density at radius 2 is 1.43 bits per heavy atom. The molecule has 1 saturated carbocycles. The van der Waals surface area contributed by atoms with E-state index < -0.39 is 30.7 Å². The second-order valence-electron chi connectivity index (χ2n) is 16.9. The Balaban J connectivity index is 1.39. The monoisotopic (exact) mass is 915 g/mol. The average Bonchev–Trinajstić information content (AvgIpc) is 4.04. The van der Waals surface area contributed by atoms with E-state index >= 15 is 0 Å². The van der Waals surface area contributed by atoms with E-state index in [0.29, 0.717) is 15.8 Å². The summed E-state index contributed by atoms with van der Waals surface area (Å²) >= 11 is 4.94. The van der Waals surface area contributed by atoms with E-state index in [0.717, 1.165) is 94.5 Å². The largest absolute Gasteiger partial charge is 0.462 e. The highest BCUT2D eigenvalue weighted by Crippen LogP contribution is 2.44. The van der Waals surface area contributed by atoms with Crippen molar-refractivity contribution in [1.82, 2.24) is 14.8 Å². The zero-order valence-electron chi connectivity index (χ0n) is 37.7. The van der Waals surface area contributed by atoms with E-state index in [1.54, 1.807) is 0 Å². The van der Waals surface area contributed by atoms with Gasteiger partial charge in [0.05, 0.1) is 35.9 Å². The molecule has 1 aliphatic carbocycles. The van der Waals surface area contributed by atoms with Gasteiger partial charge in [0.15, 0.2) is 11.4 Å². The molecule has 1 aromatic heterocycles. The number of esters is 1. The van der Waals surface area contributed by atoms with Crippen molar-refractivity contribution in [1.29, 1.82) is 0 Å². The molecule has 2 aromatic carbocycles. The van der Waals surface area contributed by atoms with Crippen LogP contribution in [-0.2, 0) is 33.2 Å². The van der Waals surface area contributed by atoms with E-state index in [4.69, 9.17) is 28.4 Å². The number of fused-ring (bicyclic) bond motifs is 1. The second-order valence-corrected chi connectivity index (χ2v) is 18.6. The fourth-order valence-electron chi connectivity index (χ4n) is 8.19. The maximum absolute atomic E-state index is 13.7. The highest BCUT2D eigenvalue weighted by atomic mass is 79.9. The van der Waals surface area contributed by atoms with Crippen LogP contribution in [0.1, 0.15) is 163 Å². The fraction of sp³-hybridized carbons (Fsp3) is 0.729. The number of benzene rings is 2. The van der Waals surface area contributed by atoms with Crippen LogP contribution in [0.25, 0.3) is 16.5 Å². The maximum Gasteiger partial charge on any atom is 0.316 e. The topological polar surface area (TPSA) is 103 Å². The number of ether oxygens (including phenoxy) is 6. The van der Waals surface area contributed by atoms with Gasteiger partial charge in [0, 0.05) is 5.39 Å². The van der Waals surface area contributed by atoms with Crippen LogP contribution < -0.4 is 0 Å². The van der Waals surface area contributed by atoms with Gasteiger partial charge in [-0.2, -0.15) is 0 Å². The number of rotatable bonds is 28. The standard InChI is InChI=1S/C48H74BrN3O7S/c1-9-15-21-35(14-6)58-46-45(57-36(22-16-10-2)23-17-11-3)44(55-32(7)13-5)43(56-33(8)20-12-4)41(59-46)30-54-42(53)31-60-48-51-50-47(49)52(48)40-29-28-37(34-26-27-34)38-24-18-19-25-39(38)40/h18-19,24-25,28-29,32-36,41,43-46H,9-17,20-23,26-27,30-31H2,1-8H3. The number of hydrogen-bond donors (Lipinski definition) is 0. The lowest BCUT2D eigenvalue weighted by molar-refractivity contribution is -0.344. The first-order chi connectivity index (χ1) is 29.1. The van der Waals surface area contributed by atoms with E-state index in [1.807, 2.05) is 4.57 Å². The highest BCUT2D eigenvalue weighted by Gasteiger charge is 2.51. The Labute approximate surface area is 373 Å². The molecule has 2 heterocycles. The Bertz CT molecular complexity index is 1720. The third kappa shape index (κ3) is 13.7. The second kappa shape index (κ2) is 25.3. The number of hydrogen-bond acceptors (Lipinski definition) is 10. The fourth-order valence-corrected chi connectivity index (χ4v) is 9.49. The minimum absolute atomic E-state index is 0.00942. The van der Waals surface area contributed by atoms with Crippen LogP contribution in [0, 0.1) is 0 Å². The first-order valence-electron chi connectivity index (χ1n) is 23.3. The van der Waals surface area contributed by atoms with E-state index in [9.17, 15) is 4.79 Å². The average molecular weight is 917 g/mol. The van der Waals surface area contributed by atoms with E-state index in [2.05, 4.69) is 118 Å². The smallest absolute Gasteiger partial charge is 0.316 e. The lowest BCUT2D eigenvalue weighted by atomic mass is 9.96. The van der Waals surface area contributed by atoms with Crippen molar-refractivity contribution in [3.8, 4) is 5.69 Å². The number of aromatic nitrogens is 3. The summed E-state index contributed by atoms with van der Waals surface area (Å²) in [6, 6.07) is 12.8. The molecule has 8 unspecified atom stereocenters. The number of halogens is 1. The normalized spacial score (nSPS) is 22.3. The highest BCUT2D eigenvalue weighted by molar-refractivity contribution is 9.10. The van der Waals surface area contributed by atoms with Gasteiger partial charge in [-0.1, -0.05) is 129 Å². The van der Waals surface area contributed by atoms with Gasteiger partial charge in [0.1, 0.15) is 31.0 Å². The Morgan fingerprint density at radius 1 is 0.767 bits per heavy atom. The van der Waals surface area contributed by atoms with E-state index in [-0.39, 0.29) is 42.7 Å². The van der Waals surface area contributed by atoms with Gasteiger partial charge in [-0.15, -0.1) is 10.2 Å². The lowest BCUT2D eigenvalue weighted by Gasteiger charge is -2.48. The van der Waals surface area contributed by atoms with Gasteiger partial charge >= 0.3 is 5.97 Å². The maximum atomic E-state index is 13.7. The van der Waals surface area contributed by atoms with Crippen LogP contribution in [0.4, 0.5) is 0 Å². The molecule has 10 nitrogen and oxygen atoms in total. The predicted octanol–water partition coefficient (Wildman–Crippen LogP) is 12.3. The predicted molar refractivity (Wildman–Crippen MR) is 245 cm³/mol. The molecule has 60 heavy (non-hydrogen) atoms. The molecular weight excluding hydrogens is 843 g/mol. The quantitative estimate of drug-likeness (QED) is 0.0517. The van der Waals surface area contributed by atoms with Gasteiger partial charge in [-0.05, 0) is 104 Å².